The first-order chi connectivity index (χ1) is 12.8. The highest BCUT2D eigenvalue weighted by atomic mass is 15.4. The van der Waals surface area contributed by atoms with Crippen molar-refractivity contribution in [3.05, 3.63) is 60.2 Å². The fourth-order valence-corrected chi connectivity index (χ4v) is 3.38. The summed E-state index contributed by atoms with van der Waals surface area (Å²) in [6, 6.07) is 12.2. The summed E-state index contributed by atoms with van der Waals surface area (Å²) in [6.45, 7) is 4.25. The lowest BCUT2D eigenvalue weighted by molar-refractivity contribution is 0.372. The van der Waals surface area contributed by atoms with Crippen molar-refractivity contribution >= 4 is 11.6 Å². The fraction of sp³-hybridized carbons (Fsp3) is 0.350. The molecule has 4 rings (SSSR count). The topological polar surface area (TPSA) is 67.7 Å². The maximum absolute atomic E-state index is 4.57. The molecule has 6 heteroatoms. The van der Waals surface area contributed by atoms with Crippen LogP contribution in [-0.2, 0) is 6.42 Å². The second-order valence-electron chi connectivity index (χ2n) is 6.85. The molecule has 0 radical (unpaired) electrons. The molecule has 2 N–H and O–H groups in total. The Morgan fingerprint density at radius 2 is 1.96 bits per heavy atom. The Morgan fingerprint density at radius 3 is 2.77 bits per heavy atom. The molecule has 26 heavy (non-hydrogen) atoms. The van der Waals surface area contributed by atoms with Crippen molar-refractivity contribution in [1.29, 1.82) is 0 Å². The van der Waals surface area contributed by atoms with Gasteiger partial charge in [0.2, 0.25) is 5.95 Å². The molecule has 1 aliphatic rings. The summed E-state index contributed by atoms with van der Waals surface area (Å²) in [5, 5.41) is 11.3. The standard InChI is InChI=1S/C20H24N6/c1-15-19(12-17(13-22-15)11-16-7-9-21-10-8-16)24-20-23-14-26(25-20)18-5-3-2-4-6-18/h2-6,12-14,16,21H,7-11H2,1H3,(H,24,25). The Bertz CT molecular complexity index is 852. The summed E-state index contributed by atoms with van der Waals surface area (Å²) >= 11 is 0. The predicted molar refractivity (Wildman–Crippen MR) is 103 cm³/mol. The number of aryl methyl sites for hydroxylation is 1. The zero-order chi connectivity index (χ0) is 17.8. The smallest absolute Gasteiger partial charge is 0.247 e. The van der Waals surface area contributed by atoms with Crippen molar-refractivity contribution < 1.29 is 0 Å². The van der Waals surface area contributed by atoms with E-state index < -0.39 is 0 Å². The molecule has 3 heterocycles. The zero-order valence-corrected chi connectivity index (χ0v) is 15.0. The Balaban J connectivity index is 1.49. The second-order valence-corrected chi connectivity index (χ2v) is 6.85. The molecule has 0 aliphatic carbocycles. The van der Waals surface area contributed by atoms with Gasteiger partial charge in [-0.1, -0.05) is 18.2 Å². The van der Waals surface area contributed by atoms with E-state index in [-0.39, 0.29) is 0 Å². The third-order valence-electron chi connectivity index (χ3n) is 4.89. The summed E-state index contributed by atoms with van der Waals surface area (Å²) in [7, 11) is 0. The molecule has 0 amide bonds. The van der Waals surface area contributed by atoms with Crippen molar-refractivity contribution in [3.63, 3.8) is 0 Å². The van der Waals surface area contributed by atoms with Crippen LogP contribution in [0, 0.1) is 12.8 Å². The van der Waals surface area contributed by atoms with Gasteiger partial charge in [0.1, 0.15) is 6.33 Å². The van der Waals surface area contributed by atoms with Gasteiger partial charge in [-0.05, 0) is 69.0 Å². The van der Waals surface area contributed by atoms with Gasteiger partial charge in [-0.2, -0.15) is 4.98 Å². The molecule has 1 saturated heterocycles. The molecule has 3 aromatic rings. The van der Waals surface area contributed by atoms with E-state index in [0.29, 0.717) is 5.95 Å². The maximum atomic E-state index is 4.57. The van der Waals surface area contributed by atoms with Gasteiger partial charge in [0.25, 0.3) is 0 Å². The number of nitrogens with one attached hydrogen (secondary N) is 2. The van der Waals surface area contributed by atoms with E-state index in [0.717, 1.165) is 42.5 Å². The van der Waals surface area contributed by atoms with E-state index in [2.05, 4.69) is 31.8 Å². The second kappa shape index (κ2) is 7.66. The summed E-state index contributed by atoms with van der Waals surface area (Å²) in [4.78, 5) is 8.94. The number of rotatable bonds is 5. The minimum Gasteiger partial charge on any atom is -0.321 e. The summed E-state index contributed by atoms with van der Waals surface area (Å²) < 4.78 is 1.77. The molecule has 0 unspecified atom stereocenters. The van der Waals surface area contributed by atoms with E-state index >= 15 is 0 Å². The van der Waals surface area contributed by atoms with Crippen LogP contribution < -0.4 is 10.6 Å². The highest BCUT2D eigenvalue weighted by molar-refractivity contribution is 5.57. The first-order valence-corrected chi connectivity index (χ1v) is 9.18. The van der Waals surface area contributed by atoms with Crippen molar-refractivity contribution in [2.45, 2.75) is 26.2 Å². The van der Waals surface area contributed by atoms with E-state index in [1.165, 1.54) is 18.4 Å². The van der Waals surface area contributed by atoms with Gasteiger partial charge in [-0.15, -0.1) is 5.10 Å². The van der Waals surface area contributed by atoms with Gasteiger partial charge in [0, 0.05) is 6.20 Å². The lowest BCUT2D eigenvalue weighted by atomic mass is 9.91. The van der Waals surface area contributed by atoms with Crippen molar-refractivity contribution in [2.75, 3.05) is 18.4 Å². The van der Waals surface area contributed by atoms with Crippen LogP contribution in [0.1, 0.15) is 24.1 Å². The van der Waals surface area contributed by atoms with E-state index in [1.54, 1.807) is 11.0 Å². The highest BCUT2D eigenvalue weighted by Crippen LogP contribution is 2.23. The predicted octanol–water partition coefficient (Wildman–Crippen LogP) is 3.26. The summed E-state index contributed by atoms with van der Waals surface area (Å²) in [5.41, 5.74) is 4.19. The average molecular weight is 348 g/mol. The van der Waals surface area contributed by atoms with Crippen LogP contribution >= 0.6 is 0 Å². The number of para-hydroxylation sites is 1. The molecule has 0 atom stereocenters. The van der Waals surface area contributed by atoms with E-state index in [9.17, 15) is 0 Å². The van der Waals surface area contributed by atoms with Crippen molar-refractivity contribution in [3.8, 4) is 5.69 Å². The number of hydrogen-bond donors (Lipinski definition) is 2. The van der Waals surface area contributed by atoms with Crippen LogP contribution in [0.15, 0.2) is 48.9 Å². The molecule has 1 aromatic carbocycles. The van der Waals surface area contributed by atoms with Crippen molar-refractivity contribution in [2.24, 2.45) is 5.92 Å². The average Bonchev–Trinajstić information content (AvgIpc) is 3.15. The normalized spacial score (nSPS) is 15.1. The van der Waals surface area contributed by atoms with Gasteiger partial charge < -0.3 is 10.6 Å². The number of benzene rings is 1. The number of pyridine rings is 1. The fourth-order valence-electron chi connectivity index (χ4n) is 3.38. The Morgan fingerprint density at radius 1 is 1.15 bits per heavy atom. The molecular weight excluding hydrogens is 324 g/mol. The molecule has 1 fully saturated rings. The number of hydrogen-bond acceptors (Lipinski definition) is 5. The monoisotopic (exact) mass is 348 g/mol. The van der Waals surface area contributed by atoms with Crippen LogP contribution in [0.2, 0.25) is 0 Å². The SMILES string of the molecule is Cc1ncc(CC2CCNCC2)cc1Nc1ncn(-c2ccccc2)n1. The van der Waals surface area contributed by atoms with Gasteiger partial charge in [0.15, 0.2) is 0 Å². The third-order valence-corrected chi connectivity index (χ3v) is 4.89. The van der Waals surface area contributed by atoms with Gasteiger partial charge >= 0.3 is 0 Å². The van der Waals surface area contributed by atoms with Crippen molar-refractivity contribution in [1.82, 2.24) is 25.1 Å². The van der Waals surface area contributed by atoms with Crippen LogP contribution in [0.5, 0.6) is 0 Å². The van der Waals surface area contributed by atoms with Crippen LogP contribution in [0.3, 0.4) is 0 Å². The number of piperidine rings is 1. The zero-order valence-electron chi connectivity index (χ0n) is 15.0. The molecule has 0 spiro atoms. The number of aromatic nitrogens is 4. The van der Waals surface area contributed by atoms with Gasteiger partial charge in [0.05, 0.1) is 17.1 Å². The molecule has 134 valence electrons. The first-order valence-electron chi connectivity index (χ1n) is 9.18. The quantitative estimate of drug-likeness (QED) is 0.741. The first kappa shape index (κ1) is 16.7. The number of anilines is 2. The molecule has 1 aliphatic heterocycles. The van der Waals surface area contributed by atoms with E-state index in [1.807, 2.05) is 43.5 Å². The van der Waals surface area contributed by atoms with Crippen LogP contribution in [0.4, 0.5) is 11.6 Å². The third kappa shape index (κ3) is 3.91. The van der Waals surface area contributed by atoms with Crippen LogP contribution in [0.25, 0.3) is 5.69 Å². The Kier molecular flexibility index (Phi) is 4.93. The van der Waals surface area contributed by atoms with Crippen LogP contribution in [-0.4, -0.2) is 32.8 Å². The van der Waals surface area contributed by atoms with E-state index in [4.69, 9.17) is 0 Å². The minimum atomic E-state index is 0.581. The van der Waals surface area contributed by atoms with Gasteiger partial charge in [-0.25, -0.2) is 4.68 Å². The lowest BCUT2D eigenvalue weighted by Gasteiger charge is -2.22. The molecular formula is C20H24N6. The van der Waals surface area contributed by atoms with Gasteiger partial charge in [-0.3, -0.25) is 4.98 Å². The Labute approximate surface area is 153 Å². The summed E-state index contributed by atoms with van der Waals surface area (Å²) in [5.74, 6) is 1.32. The minimum absolute atomic E-state index is 0.581. The number of nitrogens with zero attached hydrogens (tertiary/aromatic N) is 4. The summed E-state index contributed by atoms with van der Waals surface area (Å²) in [6.07, 6.45) is 7.27. The maximum Gasteiger partial charge on any atom is 0.247 e. The largest absolute Gasteiger partial charge is 0.321 e. The molecule has 0 bridgehead atoms. The lowest BCUT2D eigenvalue weighted by Crippen LogP contribution is -2.28. The highest BCUT2D eigenvalue weighted by Gasteiger charge is 2.15. The molecule has 2 aromatic heterocycles. The molecule has 6 nitrogen and oxygen atoms in total. The molecule has 0 saturated carbocycles. The Hall–Kier alpha value is -2.73.